The van der Waals surface area contributed by atoms with Crippen LogP contribution in [0.25, 0.3) is 0 Å². The Labute approximate surface area is 139 Å². The van der Waals surface area contributed by atoms with Gasteiger partial charge in [0.1, 0.15) is 5.75 Å². The van der Waals surface area contributed by atoms with Crippen LogP contribution in [0.2, 0.25) is 0 Å². The molecule has 0 aliphatic carbocycles. The zero-order valence-electron chi connectivity index (χ0n) is 14.3. The second-order valence-corrected chi connectivity index (χ2v) is 6.30. The average molecular weight is 313 g/mol. The summed E-state index contributed by atoms with van der Waals surface area (Å²) in [4.78, 5) is 2.11. The minimum atomic E-state index is -0.827. The topological polar surface area (TPSA) is 32.7 Å². The van der Waals surface area contributed by atoms with Gasteiger partial charge in [-0.3, -0.25) is 0 Å². The van der Waals surface area contributed by atoms with E-state index in [0.29, 0.717) is 12.8 Å². The van der Waals surface area contributed by atoms with E-state index in [1.54, 1.807) is 7.11 Å². The molecule has 2 aromatic carbocycles. The molecule has 1 atom stereocenters. The molecule has 0 amide bonds. The van der Waals surface area contributed by atoms with E-state index < -0.39 is 5.60 Å². The van der Waals surface area contributed by atoms with E-state index in [2.05, 4.69) is 17.0 Å². The molecule has 3 heteroatoms. The van der Waals surface area contributed by atoms with Gasteiger partial charge in [0.05, 0.1) is 12.7 Å². The van der Waals surface area contributed by atoms with Crippen LogP contribution >= 0.6 is 0 Å². The monoisotopic (exact) mass is 313 g/mol. The summed E-state index contributed by atoms with van der Waals surface area (Å²) in [5.41, 5.74) is 1.38. The number of methoxy groups -OCH3 is 1. The number of hydrogen-bond acceptors (Lipinski definition) is 3. The molecular weight excluding hydrogens is 286 g/mol. The molecule has 0 saturated heterocycles. The van der Waals surface area contributed by atoms with Crippen LogP contribution in [0.1, 0.15) is 24.0 Å². The van der Waals surface area contributed by atoms with Gasteiger partial charge in [-0.25, -0.2) is 0 Å². The first-order valence-corrected chi connectivity index (χ1v) is 8.09. The SMILES string of the molecule is COc1ccc(C(O)(CCc2ccccc2)CCN(C)C)cc1. The van der Waals surface area contributed by atoms with Crippen molar-refractivity contribution in [1.29, 1.82) is 0 Å². The van der Waals surface area contributed by atoms with Gasteiger partial charge in [0, 0.05) is 6.54 Å². The van der Waals surface area contributed by atoms with Crippen molar-refractivity contribution in [2.75, 3.05) is 27.7 Å². The second-order valence-electron chi connectivity index (χ2n) is 6.30. The van der Waals surface area contributed by atoms with E-state index in [4.69, 9.17) is 4.74 Å². The first kappa shape index (κ1) is 17.5. The molecule has 0 aliphatic heterocycles. The molecule has 0 aliphatic rings. The van der Waals surface area contributed by atoms with Crippen LogP contribution in [0, 0.1) is 0 Å². The third kappa shape index (κ3) is 5.08. The number of aliphatic hydroxyl groups is 1. The summed E-state index contributed by atoms with van der Waals surface area (Å²) < 4.78 is 5.22. The molecule has 0 saturated carbocycles. The van der Waals surface area contributed by atoms with Crippen LogP contribution in [-0.4, -0.2) is 37.8 Å². The molecular formula is C20H27NO2. The second kappa shape index (κ2) is 8.14. The maximum atomic E-state index is 11.3. The molecule has 0 spiro atoms. The van der Waals surface area contributed by atoms with E-state index in [1.165, 1.54) is 5.56 Å². The zero-order chi connectivity index (χ0) is 16.7. The Kier molecular flexibility index (Phi) is 6.20. The first-order chi connectivity index (χ1) is 11.0. The summed E-state index contributed by atoms with van der Waals surface area (Å²) in [5, 5.41) is 11.3. The Morgan fingerprint density at radius 3 is 2.17 bits per heavy atom. The molecule has 23 heavy (non-hydrogen) atoms. The van der Waals surface area contributed by atoms with Crippen molar-refractivity contribution in [3.8, 4) is 5.75 Å². The molecule has 0 radical (unpaired) electrons. The molecule has 3 nitrogen and oxygen atoms in total. The summed E-state index contributed by atoms with van der Waals surface area (Å²) >= 11 is 0. The lowest BCUT2D eigenvalue weighted by molar-refractivity contribution is 0.0126. The van der Waals surface area contributed by atoms with Gasteiger partial charge >= 0.3 is 0 Å². The van der Waals surface area contributed by atoms with Gasteiger partial charge in [0.15, 0.2) is 0 Å². The highest BCUT2D eigenvalue weighted by atomic mass is 16.5. The van der Waals surface area contributed by atoms with Gasteiger partial charge in [0.2, 0.25) is 0 Å². The van der Waals surface area contributed by atoms with Crippen molar-refractivity contribution in [2.24, 2.45) is 0 Å². The van der Waals surface area contributed by atoms with Crippen molar-refractivity contribution >= 4 is 0 Å². The van der Waals surface area contributed by atoms with Crippen molar-refractivity contribution in [2.45, 2.75) is 24.9 Å². The number of hydrogen-bond donors (Lipinski definition) is 1. The quantitative estimate of drug-likeness (QED) is 0.810. The van der Waals surface area contributed by atoms with E-state index in [1.807, 2.05) is 56.6 Å². The summed E-state index contributed by atoms with van der Waals surface area (Å²) in [7, 11) is 5.72. The Morgan fingerprint density at radius 2 is 1.61 bits per heavy atom. The maximum Gasteiger partial charge on any atom is 0.118 e. The van der Waals surface area contributed by atoms with Gasteiger partial charge in [-0.2, -0.15) is 0 Å². The standard InChI is InChI=1S/C20H27NO2/c1-21(2)16-15-20(22,14-13-17-7-5-4-6-8-17)18-9-11-19(23-3)12-10-18/h4-12,22H,13-16H2,1-3H3. The highest BCUT2D eigenvalue weighted by Crippen LogP contribution is 2.31. The Bertz CT molecular complexity index is 580. The molecule has 1 unspecified atom stereocenters. The molecule has 2 rings (SSSR count). The predicted octanol–water partition coefficient (Wildman–Crippen LogP) is 3.47. The van der Waals surface area contributed by atoms with Gasteiger partial charge in [-0.1, -0.05) is 42.5 Å². The number of rotatable bonds is 8. The van der Waals surface area contributed by atoms with Gasteiger partial charge in [-0.05, 0) is 56.6 Å². The minimum Gasteiger partial charge on any atom is -0.497 e. The lowest BCUT2D eigenvalue weighted by atomic mass is 9.84. The Hall–Kier alpha value is -1.84. The van der Waals surface area contributed by atoms with Crippen LogP contribution in [0.5, 0.6) is 5.75 Å². The van der Waals surface area contributed by atoms with Crippen molar-refractivity contribution in [1.82, 2.24) is 4.90 Å². The molecule has 1 N–H and O–H groups in total. The minimum absolute atomic E-state index is 0.706. The number of nitrogens with zero attached hydrogens (tertiary/aromatic N) is 1. The van der Waals surface area contributed by atoms with E-state index >= 15 is 0 Å². The van der Waals surface area contributed by atoms with Gasteiger partial charge < -0.3 is 14.7 Å². The fourth-order valence-electron chi connectivity index (χ4n) is 2.72. The fraction of sp³-hybridized carbons (Fsp3) is 0.400. The molecule has 0 bridgehead atoms. The molecule has 0 fully saturated rings. The van der Waals surface area contributed by atoms with Gasteiger partial charge in [-0.15, -0.1) is 0 Å². The highest BCUT2D eigenvalue weighted by Gasteiger charge is 2.28. The predicted molar refractivity (Wildman–Crippen MR) is 94.8 cm³/mol. The van der Waals surface area contributed by atoms with Crippen molar-refractivity contribution < 1.29 is 9.84 Å². The van der Waals surface area contributed by atoms with Crippen LogP contribution in [-0.2, 0) is 12.0 Å². The highest BCUT2D eigenvalue weighted by molar-refractivity contribution is 5.31. The maximum absolute atomic E-state index is 11.3. The van der Waals surface area contributed by atoms with E-state index in [9.17, 15) is 5.11 Å². The summed E-state index contributed by atoms with van der Waals surface area (Å²) in [6.45, 7) is 0.845. The Balaban J connectivity index is 2.16. The van der Waals surface area contributed by atoms with Crippen LogP contribution in [0.4, 0.5) is 0 Å². The average Bonchev–Trinajstić information content (AvgIpc) is 2.59. The summed E-state index contributed by atoms with van der Waals surface area (Å²) in [6.07, 6.45) is 2.27. The smallest absolute Gasteiger partial charge is 0.118 e. The first-order valence-electron chi connectivity index (χ1n) is 8.09. The van der Waals surface area contributed by atoms with Crippen LogP contribution in [0.15, 0.2) is 54.6 Å². The molecule has 0 heterocycles. The molecule has 0 aromatic heterocycles. The summed E-state index contributed by atoms with van der Waals surface area (Å²) in [6, 6.07) is 18.1. The Morgan fingerprint density at radius 1 is 0.957 bits per heavy atom. The molecule has 124 valence electrons. The lowest BCUT2D eigenvalue weighted by Gasteiger charge is -2.30. The van der Waals surface area contributed by atoms with E-state index in [-0.39, 0.29) is 0 Å². The van der Waals surface area contributed by atoms with E-state index in [0.717, 1.165) is 24.3 Å². The summed E-state index contributed by atoms with van der Waals surface area (Å²) in [5.74, 6) is 0.812. The van der Waals surface area contributed by atoms with Crippen molar-refractivity contribution in [3.05, 3.63) is 65.7 Å². The van der Waals surface area contributed by atoms with Gasteiger partial charge in [0.25, 0.3) is 0 Å². The number of aryl methyl sites for hydroxylation is 1. The third-order valence-electron chi connectivity index (χ3n) is 4.27. The van der Waals surface area contributed by atoms with Crippen molar-refractivity contribution in [3.63, 3.8) is 0 Å². The molecule has 2 aromatic rings. The number of ether oxygens (including phenoxy) is 1. The normalized spacial score (nSPS) is 13.8. The lowest BCUT2D eigenvalue weighted by Crippen LogP contribution is -2.31. The zero-order valence-corrected chi connectivity index (χ0v) is 14.3. The largest absolute Gasteiger partial charge is 0.497 e. The fourth-order valence-corrected chi connectivity index (χ4v) is 2.72. The van der Waals surface area contributed by atoms with Crippen LogP contribution < -0.4 is 4.74 Å². The number of benzene rings is 2. The van der Waals surface area contributed by atoms with Crippen LogP contribution in [0.3, 0.4) is 0 Å². The third-order valence-corrected chi connectivity index (χ3v) is 4.27.